The number of nitrogens with two attached hydrogens (primary N) is 1. The third kappa shape index (κ3) is 5.23. The van der Waals surface area contributed by atoms with Crippen LogP contribution < -0.4 is 20.8 Å². The summed E-state index contributed by atoms with van der Waals surface area (Å²) in [5.74, 6) is 4.14. The zero-order valence-corrected chi connectivity index (χ0v) is 30.3. The van der Waals surface area contributed by atoms with Crippen molar-refractivity contribution in [1.29, 1.82) is 0 Å². The zero-order valence-electron chi connectivity index (χ0n) is 27.3. The Balaban J connectivity index is 0.00000348. The van der Waals surface area contributed by atoms with Crippen LogP contribution in [-0.4, -0.2) is 29.8 Å². The molecule has 0 saturated heterocycles. The molecule has 5 aromatic carbocycles. The minimum Gasteiger partial charge on any atom is -0.457 e. The number of hydrogen-bond acceptors (Lipinski definition) is 7. The molecule has 4 heterocycles. The first-order chi connectivity index (χ1) is 24.7. The molecule has 10 rings (SSSR count). The average molecular weight is 713 g/mol. The molecular formula is C41H27N8OZn-3. The predicted molar refractivity (Wildman–Crippen MR) is 197 cm³/mol. The summed E-state index contributed by atoms with van der Waals surface area (Å²) in [4.78, 5) is 25.1. The van der Waals surface area contributed by atoms with E-state index in [1.165, 1.54) is 0 Å². The maximum atomic E-state index is 6.55. The van der Waals surface area contributed by atoms with Crippen LogP contribution in [0, 0.1) is 6.08 Å². The van der Waals surface area contributed by atoms with E-state index in [0.29, 0.717) is 47.1 Å². The van der Waals surface area contributed by atoms with Crippen molar-refractivity contribution in [2.24, 2.45) is 25.7 Å². The van der Waals surface area contributed by atoms with Gasteiger partial charge in [-0.1, -0.05) is 96.5 Å². The molecule has 3 N–H and O–H groups in total. The Labute approximate surface area is 306 Å². The van der Waals surface area contributed by atoms with Gasteiger partial charge in [-0.3, -0.25) is 0 Å². The van der Waals surface area contributed by atoms with E-state index in [9.17, 15) is 0 Å². The van der Waals surface area contributed by atoms with E-state index in [4.69, 9.17) is 40.7 Å². The fourth-order valence-corrected chi connectivity index (χ4v) is 6.91. The van der Waals surface area contributed by atoms with Crippen LogP contribution in [0.3, 0.4) is 0 Å². The molecule has 3 aliphatic heterocycles. The van der Waals surface area contributed by atoms with Crippen molar-refractivity contribution in [3.05, 3.63) is 166 Å². The third-order valence-electron chi connectivity index (χ3n) is 9.27. The van der Waals surface area contributed by atoms with Gasteiger partial charge in [0.05, 0.1) is 17.8 Å². The summed E-state index contributed by atoms with van der Waals surface area (Å²) < 4.78 is 6.55. The monoisotopic (exact) mass is 711 g/mol. The van der Waals surface area contributed by atoms with Crippen LogP contribution in [0.4, 0.5) is 11.6 Å². The van der Waals surface area contributed by atoms with Crippen molar-refractivity contribution in [3.8, 4) is 11.5 Å². The van der Waals surface area contributed by atoms with E-state index >= 15 is 0 Å². The third-order valence-corrected chi connectivity index (χ3v) is 9.27. The van der Waals surface area contributed by atoms with Crippen LogP contribution in [0.25, 0.3) is 21.8 Å². The minimum absolute atomic E-state index is 0. The van der Waals surface area contributed by atoms with Gasteiger partial charge in [0.1, 0.15) is 11.5 Å². The molecule has 242 valence electrons. The SMILES string of the molecule is NCCc1ccc(Oc2cccc3c2C2[N-]C3=NC3=N/C(=N\c4[n-]c(c5ccccc45)/N=C4\[C-]=C(N2)c2ccccc24)c2ccccc23)cc1.[Zn]. The summed E-state index contributed by atoms with van der Waals surface area (Å²) in [5.41, 5.74) is 13.8. The van der Waals surface area contributed by atoms with Gasteiger partial charge in [0.15, 0.2) is 0 Å². The molecule has 10 heteroatoms. The second kappa shape index (κ2) is 12.4. The Morgan fingerprint density at radius 3 is 2.06 bits per heavy atom. The van der Waals surface area contributed by atoms with E-state index in [-0.39, 0.29) is 19.5 Å². The first-order valence-corrected chi connectivity index (χ1v) is 16.5. The Bertz CT molecular complexity index is 2540. The van der Waals surface area contributed by atoms with Crippen molar-refractivity contribution >= 4 is 51.3 Å². The molecule has 1 unspecified atom stereocenters. The van der Waals surface area contributed by atoms with Crippen molar-refractivity contribution in [1.82, 2.24) is 10.3 Å². The minimum atomic E-state index is -0.533. The molecule has 0 fully saturated rings. The number of nitrogens with one attached hydrogen (secondary N) is 1. The molecule has 4 aliphatic rings. The number of fused-ring (bicyclic) bond motifs is 18. The van der Waals surface area contributed by atoms with Crippen molar-refractivity contribution in [2.45, 2.75) is 12.6 Å². The second-order valence-corrected chi connectivity index (χ2v) is 12.3. The fraction of sp³-hybridized carbons (Fsp3) is 0.0732. The maximum absolute atomic E-state index is 6.55. The second-order valence-electron chi connectivity index (χ2n) is 12.3. The van der Waals surface area contributed by atoms with Gasteiger partial charge < -0.3 is 41.1 Å². The number of ether oxygens (including phenoxy) is 1. The van der Waals surface area contributed by atoms with E-state index in [1.54, 1.807) is 0 Å². The Morgan fingerprint density at radius 1 is 0.667 bits per heavy atom. The number of nitrogens with zero attached hydrogens (tertiary/aromatic N) is 6. The van der Waals surface area contributed by atoms with Gasteiger partial charge in [0.25, 0.3) is 0 Å². The van der Waals surface area contributed by atoms with Crippen molar-refractivity contribution < 1.29 is 24.2 Å². The number of amidine groups is 3. The number of hydrogen-bond donors (Lipinski definition) is 2. The summed E-state index contributed by atoms with van der Waals surface area (Å²) in [5, 5.41) is 10.7. The van der Waals surface area contributed by atoms with Gasteiger partial charge in [-0.15, -0.1) is 29.5 Å². The summed E-state index contributed by atoms with van der Waals surface area (Å²) in [6, 6.07) is 38.1. The summed E-state index contributed by atoms with van der Waals surface area (Å²) in [6.45, 7) is 0.593. The molecule has 0 saturated carbocycles. The summed E-state index contributed by atoms with van der Waals surface area (Å²) in [6.07, 6.45) is 3.83. The molecule has 51 heavy (non-hydrogen) atoms. The molecule has 1 atom stereocenters. The van der Waals surface area contributed by atoms with Gasteiger partial charge in [0.2, 0.25) is 0 Å². The van der Waals surface area contributed by atoms with Gasteiger partial charge >= 0.3 is 0 Å². The first kappa shape index (κ1) is 31.1. The molecule has 0 radical (unpaired) electrons. The topological polar surface area (TPSA) is 125 Å². The van der Waals surface area contributed by atoms with Crippen LogP contribution in [0.1, 0.15) is 45.1 Å². The Morgan fingerprint density at radius 2 is 1.31 bits per heavy atom. The van der Waals surface area contributed by atoms with E-state index in [2.05, 4.69) is 23.5 Å². The first-order valence-electron chi connectivity index (χ1n) is 16.5. The smallest absolute Gasteiger partial charge is 0.133 e. The van der Waals surface area contributed by atoms with Gasteiger partial charge in [-0.05, 0) is 53.1 Å². The number of aliphatic imine (C=N–C) groups is 4. The number of rotatable bonds is 4. The van der Waals surface area contributed by atoms with E-state index in [0.717, 1.165) is 67.6 Å². The predicted octanol–water partition coefficient (Wildman–Crippen LogP) is 7.64. The quantitative estimate of drug-likeness (QED) is 0.144. The Hall–Kier alpha value is -5.96. The molecule has 8 bridgehead atoms. The zero-order chi connectivity index (χ0) is 33.2. The molecule has 1 aliphatic carbocycles. The largest absolute Gasteiger partial charge is 0.457 e. The Kier molecular flexibility index (Phi) is 7.57. The van der Waals surface area contributed by atoms with Crippen molar-refractivity contribution in [3.63, 3.8) is 0 Å². The maximum Gasteiger partial charge on any atom is 0.133 e. The molecule has 0 spiro atoms. The van der Waals surface area contributed by atoms with Crippen LogP contribution in [0.15, 0.2) is 135 Å². The molecule has 6 aromatic rings. The number of aromatic nitrogens is 1. The van der Waals surface area contributed by atoms with Crippen LogP contribution in [0.2, 0.25) is 0 Å². The average Bonchev–Trinajstić information content (AvgIpc) is 3.89. The normalized spacial score (nSPS) is 18.3. The van der Waals surface area contributed by atoms with Crippen LogP contribution >= 0.6 is 0 Å². The van der Waals surface area contributed by atoms with Gasteiger partial charge in [-0.2, -0.15) is 5.56 Å². The van der Waals surface area contributed by atoms with Crippen LogP contribution in [0.5, 0.6) is 11.5 Å². The molecule has 9 nitrogen and oxygen atoms in total. The number of allylic oxidation sites excluding steroid dienone is 1. The fourth-order valence-electron chi connectivity index (χ4n) is 6.91. The van der Waals surface area contributed by atoms with Gasteiger partial charge in [-0.25, -0.2) is 4.99 Å². The summed E-state index contributed by atoms with van der Waals surface area (Å²) >= 11 is 0. The van der Waals surface area contributed by atoms with E-state index < -0.39 is 6.17 Å². The van der Waals surface area contributed by atoms with E-state index in [1.807, 2.05) is 103 Å². The summed E-state index contributed by atoms with van der Waals surface area (Å²) in [7, 11) is 0. The molecule has 0 amide bonds. The van der Waals surface area contributed by atoms with Crippen LogP contribution in [-0.2, 0) is 25.9 Å². The molecule has 1 aromatic heterocycles. The van der Waals surface area contributed by atoms with Gasteiger partial charge in [0, 0.05) is 47.8 Å². The molecular weight excluding hydrogens is 686 g/mol. The van der Waals surface area contributed by atoms with Crippen molar-refractivity contribution in [2.75, 3.05) is 6.54 Å². The standard InChI is InChI=1S/C41H27N8O.Zn/c42-21-20-23-16-18-24(19-17-23)50-34-15-7-14-31-35(34)41-44-33-22-32(25-8-1-2-9-26(25)33)43-36-27-10-3-4-11-28(27)37(45-36)46-38-29-12-5-6-13-30(29)39(47-38)48-40(31)49-41;/h1-19,41,44H,20-21,42H2;/q-3;/b43-32+;. The number of benzene rings is 5.